The van der Waals surface area contributed by atoms with E-state index in [2.05, 4.69) is 17.1 Å². The topological polar surface area (TPSA) is 39.9 Å². The fraction of sp³-hybridized carbons (Fsp3) is 0.800. The first-order valence-electron chi connectivity index (χ1n) is 5.39. The molecule has 0 bridgehead atoms. The molecule has 1 saturated heterocycles. The van der Waals surface area contributed by atoms with Crippen molar-refractivity contribution in [3.05, 3.63) is 11.1 Å². The molecule has 1 aromatic rings. The molecular weight excluding hydrogens is 214 g/mol. The zero-order valence-electron chi connectivity index (χ0n) is 9.11. The van der Waals surface area contributed by atoms with Crippen LogP contribution in [0.15, 0.2) is 0 Å². The number of halogens is 1. The van der Waals surface area contributed by atoms with Gasteiger partial charge in [-0.3, -0.25) is 0 Å². The zero-order valence-corrected chi connectivity index (χ0v) is 9.87. The Morgan fingerprint density at radius 1 is 1.53 bits per heavy atom. The smallest absolute Gasteiger partial charge is 0.225 e. The van der Waals surface area contributed by atoms with Crippen molar-refractivity contribution >= 4 is 11.6 Å². The maximum absolute atomic E-state index is 5.96. The van der Waals surface area contributed by atoms with Crippen LogP contribution in [0.4, 0.5) is 0 Å². The molecule has 0 N–H and O–H groups in total. The number of aromatic nitrogens is 3. The standard InChI is InChI=1S/C10H16ClN3O/c1-3-9-8(4-5-15-9)6-14-7(2)12-13-10(14)11/h8-9H,3-6H2,1-2H3. The van der Waals surface area contributed by atoms with Gasteiger partial charge in [0.1, 0.15) is 5.82 Å². The molecule has 15 heavy (non-hydrogen) atoms. The third kappa shape index (κ3) is 2.16. The van der Waals surface area contributed by atoms with E-state index in [1.165, 1.54) is 0 Å². The molecular formula is C10H16ClN3O. The lowest BCUT2D eigenvalue weighted by molar-refractivity contribution is 0.0833. The Morgan fingerprint density at radius 2 is 2.33 bits per heavy atom. The highest BCUT2D eigenvalue weighted by Gasteiger charge is 2.27. The second kappa shape index (κ2) is 4.49. The first-order valence-corrected chi connectivity index (χ1v) is 5.77. The summed E-state index contributed by atoms with van der Waals surface area (Å²) in [4.78, 5) is 0. The van der Waals surface area contributed by atoms with Crippen molar-refractivity contribution in [3.63, 3.8) is 0 Å². The van der Waals surface area contributed by atoms with Crippen LogP contribution < -0.4 is 0 Å². The normalized spacial score (nSPS) is 26.1. The van der Waals surface area contributed by atoms with Gasteiger partial charge in [-0.2, -0.15) is 0 Å². The van der Waals surface area contributed by atoms with E-state index in [1.54, 1.807) is 0 Å². The van der Waals surface area contributed by atoms with Crippen LogP contribution in [0.2, 0.25) is 5.28 Å². The first kappa shape index (κ1) is 10.9. The molecule has 4 nitrogen and oxygen atoms in total. The minimum absolute atomic E-state index is 0.364. The summed E-state index contributed by atoms with van der Waals surface area (Å²) < 4.78 is 7.61. The Balaban J connectivity index is 2.08. The van der Waals surface area contributed by atoms with Crippen LogP contribution in [0, 0.1) is 12.8 Å². The number of nitrogens with zero attached hydrogens (tertiary/aromatic N) is 3. The predicted molar refractivity (Wildman–Crippen MR) is 57.9 cm³/mol. The summed E-state index contributed by atoms with van der Waals surface area (Å²) in [6.45, 7) is 5.82. The van der Waals surface area contributed by atoms with Gasteiger partial charge < -0.3 is 9.30 Å². The van der Waals surface area contributed by atoms with Gasteiger partial charge in [0.15, 0.2) is 0 Å². The van der Waals surface area contributed by atoms with Gasteiger partial charge in [-0.15, -0.1) is 10.2 Å². The average molecular weight is 230 g/mol. The van der Waals surface area contributed by atoms with Crippen molar-refractivity contribution in [2.75, 3.05) is 6.61 Å². The number of ether oxygens (including phenoxy) is 1. The summed E-state index contributed by atoms with van der Waals surface area (Å²) in [5, 5.41) is 8.28. The minimum Gasteiger partial charge on any atom is -0.378 e. The van der Waals surface area contributed by atoms with E-state index in [0.717, 1.165) is 31.8 Å². The Hall–Kier alpha value is -0.610. The van der Waals surface area contributed by atoms with Gasteiger partial charge in [0, 0.05) is 19.1 Å². The van der Waals surface area contributed by atoms with E-state index in [4.69, 9.17) is 16.3 Å². The lowest BCUT2D eigenvalue weighted by Gasteiger charge is -2.17. The van der Waals surface area contributed by atoms with Crippen LogP contribution in [0.1, 0.15) is 25.6 Å². The van der Waals surface area contributed by atoms with Crippen LogP contribution in [-0.4, -0.2) is 27.5 Å². The number of hydrogen-bond acceptors (Lipinski definition) is 3. The summed E-state index contributed by atoms with van der Waals surface area (Å²) in [7, 11) is 0. The van der Waals surface area contributed by atoms with Gasteiger partial charge >= 0.3 is 0 Å². The maximum Gasteiger partial charge on any atom is 0.225 e. The van der Waals surface area contributed by atoms with Crippen LogP contribution in [0.3, 0.4) is 0 Å². The number of hydrogen-bond donors (Lipinski definition) is 0. The van der Waals surface area contributed by atoms with E-state index >= 15 is 0 Å². The van der Waals surface area contributed by atoms with Gasteiger partial charge in [0.05, 0.1) is 6.10 Å². The summed E-state index contributed by atoms with van der Waals surface area (Å²) in [6.07, 6.45) is 2.53. The van der Waals surface area contributed by atoms with E-state index in [-0.39, 0.29) is 0 Å². The first-order chi connectivity index (χ1) is 7.22. The van der Waals surface area contributed by atoms with Gasteiger partial charge in [-0.1, -0.05) is 6.92 Å². The molecule has 0 saturated carbocycles. The van der Waals surface area contributed by atoms with Crippen molar-refractivity contribution < 1.29 is 4.74 Å². The van der Waals surface area contributed by atoms with E-state index in [0.29, 0.717) is 17.3 Å². The molecule has 2 heterocycles. The molecule has 0 radical (unpaired) electrons. The SMILES string of the molecule is CCC1OCCC1Cn1c(C)nnc1Cl. The van der Waals surface area contributed by atoms with Crippen LogP contribution >= 0.6 is 11.6 Å². The molecule has 1 aliphatic rings. The molecule has 2 atom stereocenters. The average Bonchev–Trinajstić information content (AvgIpc) is 2.79. The summed E-state index contributed by atoms with van der Waals surface area (Å²) in [6, 6.07) is 0. The Morgan fingerprint density at radius 3 is 2.93 bits per heavy atom. The van der Waals surface area contributed by atoms with Crippen molar-refractivity contribution in [1.82, 2.24) is 14.8 Å². The third-order valence-electron chi connectivity index (χ3n) is 3.06. The molecule has 84 valence electrons. The van der Waals surface area contributed by atoms with E-state index in [9.17, 15) is 0 Å². The highest BCUT2D eigenvalue weighted by molar-refractivity contribution is 6.28. The van der Waals surface area contributed by atoms with E-state index < -0.39 is 0 Å². The molecule has 5 heteroatoms. The summed E-state index contributed by atoms with van der Waals surface area (Å²) >= 11 is 5.96. The molecule has 2 rings (SSSR count). The third-order valence-corrected chi connectivity index (χ3v) is 3.34. The second-order valence-electron chi connectivity index (χ2n) is 3.99. The summed E-state index contributed by atoms with van der Waals surface area (Å²) in [5.74, 6) is 1.42. The van der Waals surface area contributed by atoms with Gasteiger partial charge in [-0.05, 0) is 31.4 Å². The molecule has 1 aromatic heterocycles. The fourth-order valence-corrected chi connectivity index (χ4v) is 2.38. The lowest BCUT2D eigenvalue weighted by atomic mass is 10.00. The Labute approximate surface area is 94.6 Å². The summed E-state index contributed by atoms with van der Waals surface area (Å²) in [5.41, 5.74) is 0. The Bertz CT molecular complexity index is 320. The number of rotatable bonds is 3. The second-order valence-corrected chi connectivity index (χ2v) is 4.33. The fourth-order valence-electron chi connectivity index (χ4n) is 2.15. The molecule has 0 spiro atoms. The maximum atomic E-state index is 5.96. The van der Waals surface area contributed by atoms with Crippen molar-refractivity contribution in [1.29, 1.82) is 0 Å². The molecule has 1 aliphatic heterocycles. The molecule has 2 unspecified atom stereocenters. The molecule has 1 fully saturated rings. The van der Waals surface area contributed by atoms with Gasteiger partial charge in [0.25, 0.3) is 0 Å². The van der Waals surface area contributed by atoms with Crippen molar-refractivity contribution in [3.8, 4) is 0 Å². The highest BCUT2D eigenvalue weighted by Crippen LogP contribution is 2.26. The van der Waals surface area contributed by atoms with Gasteiger partial charge in [0.2, 0.25) is 5.28 Å². The van der Waals surface area contributed by atoms with Crippen molar-refractivity contribution in [2.45, 2.75) is 39.3 Å². The molecule has 0 aliphatic carbocycles. The zero-order chi connectivity index (χ0) is 10.8. The number of aryl methyl sites for hydroxylation is 1. The van der Waals surface area contributed by atoms with E-state index in [1.807, 2.05) is 11.5 Å². The molecule has 0 aromatic carbocycles. The van der Waals surface area contributed by atoms with Gasteiger partial charge in [-0.25, -0.2) is 0 Å². The van der Waals surface area contributed by atoms with Crippen LogP contribution in [0.25, 0.3) is 0 Å². The monoisotopic (exact) mass is 229 g/mol. The predicted octanol–water partition coefficient (Wildman–Crippen LogP) is 2.06. The van der Waals surface area contributed by atoms with Crippen LogP contribution in [-0.2, 0) is 11.3 Å². The Kier molecular flexibility index (Phi) is 3.26. The highest BCUT2D eigenvalue weighted by atomic mass is 35.5. The van der Waals surface area contributed by atoms with Crippen molar-refractivity contribution in [2.24, 2.45) is 5.92 Å². The van der Waals surface area contributed by atoms with Crippen LogP contribution in [0.5, 0.6) is 0 Å². The quantitative estimate of drug-likeness (QED) is 0.797. The molecule has 0 amide bonds. The minimum atomic E-state index is 0.364. The lowest BCUT2D eigenvalue weighted by Crippen LogP contribution is -2.20. The largest absolute Gasteiger partial charge is 0.378 e.